The van der Waals surface area contributed by atoms with Crippen LogP contribution in [0.3, 0.4) is 0 Å². The Morgan fingerprint density at radius 2 is 1.93 bits per heavy atom. The Morgan fingerprint density at radius 1 is 1.14 bits per heavy atom. The highest BCUT2D eigenvalue weighted by Crippen LogP contribution is 2.35. The number of para-hydroxylation sites is 1. The maximum absolute atomic E-state index is 14.1. The minimum atomic E-state index is -0.476. The van der Waals surface area contributed by atoms with Crippen LogP contribution in [0.5, 0.6) is 5.75 Å². The van der Waals surface area contributed by atoms with E-state index in [4.69, 9.17) is 9.72 Å². The molecule has 1 amide bonds. The Hall–Kier alpha value is -3.48. The summed E-state index contributed by atoms with van der Waals surface area (Å²) in [7, 11) is 3.15. The highest BCUT2D eigenvalue weighted by atomic mass is 19.1. The fraction of sp³-hybridized carbons (Fsp3) is 0.227. The van der Waals surface area contributed by atoms with Gasteiger partial charge >= 0.3 is 0 Å². The zero-order valence-corrected chi connectivity index (χ0v) is 16.5. The number of hydrogen-bond donors (Lipinski definition) is 1. The highest BCUT2D eigenvalue weighted by molar-refractivity contribution is 6.03. The number of rotatable bonds is 5. The number of fused-ring (bicyclic) bond motifs is 1. The summed E-state index contributed by atoms with van der Waals surface area (Å²) in [5.41, 5.74) is 4.83. The summed E-state index contributed by atoms with van der Waals surface area (Å²) in [6.07, 6.45) is 0.530. The molecule has 7 heteroatoms. The first kappa shape index (κ1) is 18.9. The van der Waals surface area contributed by atoms with Gasteiger partial charge < -0.3 is 15.0 Å². The molecule has 0 saturated heterocycles. The predicted octanol–water partition coefficient (Wildman–Crippen LogP) is 3.85. The first-order valence-corrected chi connectivity index (χ1v) is 9.26. The summed E-state index contributed by atoms with van der Waals surface area (Å²) in [5, 5.41) is 3.18. The van der Waals surface area contributed by atoms with Crippen molar-refractivity contribution in [3.05, 3.63) is 76.6 Å². The number of aromatic nitrogens is 2. The third-order valence-corrected chi connectivity index (χ3v) is 4.84. The molecule has 29 heavy (non-hydrogen) atoms. The van der Waals surface area contributed by atoms with Crippen molar-refractivity contribution < 1.29 is 13.9 Å². The molecule has 148 valence electrons. The number of carbonyl (C=O) groups is 1. The Balaban J connectivity index is 1.77. The van der Waals surface area contributed by atoms with Crippen molar-refractivity contribution in [2.45, 2.75) is 19.9 Å². The number of methoxy groups -OCH3 is 1. The summed E-state index contributed by atoms with van der Waals surface area (Å²) in [4.78, 5) is 23.5. The molecule has 3 aromatic rings. The SMILES string of the molecule is COc1c(F)cccc1Nc1cc(Cc2cccc(C)n2)nc2c1C(=O)N(C)C2. The first-order chi connectivity index (χ1) is 14.0. The minimum Gasteiger partial charge on any atom is -0.492 e. The molecule has 0 bridgehead atoms. The third kappa shape index (κ3) is 3.63. The molecule has 2 aromatic heterocycles. The van der Waals surface area contributed by atoms with Crippen LogP contribution in [0.25, 0.3) is 0 Å². The smallest absolute Gasteiger partial charge is 0.257 e. The minimum absolute atomic E-state index is 0.0961. The lowest BCUT2D eigenvalue weighted by molar-refractivity contribution is 0.0817. The van der Waals surface area contributed by atoms with Crippen LogP contribution in [-0.4, -0.2) is 34.9 Å². The van der Waals surface area contributed by atoms with E-state index in [1.165, 1.54) is 13.2 Å². The molecule has 0 atom stereocenters. The number of aryl methyl sites for hydroxylation is 1. The van der Waals surface area contributed by atoms with Crippen LogP contribution in [0.15, 0.2) is 42.5 Å². The van der Waals surface area contributed by atoms with E-state index in [2.05, 4.69) is 10.3 Å². The van der Waals surface area contributed by atoms with Gasteiger partial charge in [0.2, 0.25) is 0 Å². The molecule has 0 saturated carbocycles. The number of carbonyl (C=O) groups excluding carboxylic acids is 1. The van der Waals surface area contributed by atoms with Crippen molar-refractivity contribution in [1.29, 1.82) is 0 Å². The first-order valence-electron chi connectivity index (χ1n) is 9.26. The number of ether oxygens (including phenoxy) is 1. The summed E-state index contributed by atoms with van der Waals surface area (Å²) in [5.74, 6) is -0.500. The van der Waals surface area contributed by atoms with Crippen molar-refractivity contribution >= 4 is 17.3 Å². The van der Waals surface area contributed by atoms with E-state index in [1.54, 1.807) is 24.1 Å². The maximum Gasteiger partial charge on any atom is 0.257 e. The molecular weight excluding hydrogens is 371 g/mol. The Bertz CT molecular complexity index is 1100. The molecule has 1 N–H and O–H groups in total. The number of hydrogen-bond acceptors (Lipinski definition) is 5. The third-order valence-electron chi connectivity index (χ3n) is 4.84. The van der Waals surface area contributed by atoms with Crippen LogP contribution in [0.2, 0.25) is 0 Å². The average Bonchev–Trinajstić information content (AvgIpc) is 2.96. The number of nitrogens with one attached hydrogen (secondary N) is 1. The summed E-state index contributed by atoms with van der Waals surface area (Å²) < 4.78 is 19.3. The normalized spacial score (nSPS) is 12.8. The van der Waals surface area contributed by atoms with Crippen LogP contribution >= 0.6 is 0 Å². The Morgan fingerprint density at radius 3 is 2.69 bits per heavy atom. The van der Waals surface area contributed by atoms with Gasteiger partial charge in [-0.25, -0.2) is 4.39 Å². The molecule has 4 rings (SSSR count). The van der Waals surface area contributed by atoms with Crippen molar-refractivity contribution in [1.82, 2.24) is 14.9 Å². The number of halogens is 1. The zero-order valence-electron chi connectivity index (χ0n) is 16.5. The van der Waals surface area contributed by atoms with Gasteiger partial charge in [-0.3, -0.25) is 14.8 Å². The number of amides is 1. The summed E-state index contributed by atoms with van der Waals surface area (Å²) >= 11 is 0. The monoisotopic (exact) mass is 392 g/mol. The maximum atomic E-state index is 14.1. The van der Waals surface area contributed by atoms with Gasteiger partial charge in [0.25, 0.3) is 5.91 Å². The van der Waals surface area contributed by atoms with Gasteiger partial charge in [-0.2, -0.15) is 0 Å². The largest absolute Gasteiger partial charge is 0.492 e. The lowest BCUT2D eigenvalue weighted by Gasteiger charge is -2.15. The van der Waals surface area contributed by atoms with E-state index >= 15 is 0 Å². The van der Waals surface area contributed by atoms with E-state index < -0.39 is 5.82 Å². The fourth-order valence-corrected chi connectivity index (χ4v) is 3.53. The molecule has 1 aliphatic rings. The topological polar surface area (TPSA) is 67.3 Å². The number of anilines is 2. The predicted molar refractivity (Wildman–Crippen MR) is 108 cm³/mol. The Labute approximate surface area is 168 Å². The van der Waals surface area contributed by atoms with Gasteiger partial charge in [-0.1, -0.05) is 12.1 Å². The number of benzene rings is 1. The van der Waals surface area contributed by atoms with Gasteiger partial charge in [0.1, 0.15) is 0 Å². The number of nitrogens with zero attached hydrogens (tertiary/aromatic N) is 3. The van der Waals surface area contributed by atoms with Crippen LogP contribution in [-0.2, 0) is 13.0 Å². The zero-order chi connectivity index (χ0) is 20.5. The van der Waals surface area contributed by atoms with Crippen molar-refractivity contribution in [2.75, 3.05) is 19.5 Å². The second kappa shape index (κ2) is 7.50. The van der Waals surface area contributed by atoms with Gasteiger partial charge in [0.05, 0.1) is 36.3 Å². The van der Waals surface area contributed by atoms with E-state index in [1.807, 2.05) is 31.2 Å². The van der Waals surface area contributed by atoms with Gasteiger partial charge in [-0.05, 0) is 37.3 Å². The van der Waals surface area contributed by atoms with E-state index in [-0.39, 0.29) is 11.7 Å². The summed E-state index contributed by atoms with van der Waals surface area (Å²) in [6.45, 7) is 2.37. The van der Waals surface area contributed by atoms with Crippen LogP contribution in [0.1, 0.15) is 33.1 Å². The summed E-state index contributed by atoms with van der Waals surface area (Å²) in [6, 6.07) is 12.3. The quantitative estimate of drug-likeness (QED) is 0.714. The molecule has 1 aromatic carbocycles. The molecule has 0 fully saturated rings. The van der Waals surface area contributed by atoms with Crippen molar-refractivity contribution in [3.8, 4) is 5.75 Å². The average molecular weight is 392 g/mol. The second-order valence-corrected chi connectivity index (χ2v) is 7.04. The van der Waals surface area contributed by atoms with Crippen molar-refractivity contribution in [2.24, 2.45) is 0 Å². The van der Waals surface area contributed by atoms with Crippen LogP contribution in [0.4, 0.5) is 15.8 Å². The van der Waals surface area contributed by atoms with Gasteiger partial charge in [0, 0.05) is 30.6 Å². The van der Waals surface area contributed by atoms with Gasteiger partial charge in [0.15, 0.2) is 11.6 Å². The molecule has 0 spiro atoms. The molecule has 6 nitrogen and oxygen atoms in total. The number of pyridine rings is 2. The van der Waals surface area contributed by atoms with E-state index in [0.717, 1.165) is 17.1 Å². The molecule has 3 heterocycles. The Kier molecular flexibility index (Phi) is 4.88. The fourth-order valence-electron chi connectivity index (χ4n) is 3.53. The van der Waals surface area contributed by atoms with Crippen LogP contribution < -0.4 is 10.1 Å². The molecule has 0 unspecified atom stereocenters. The van der Waals surface area contributed by atoms with Crippen LogP contribution in [0, 0.1) is 12.7 Å². The molecular formula is C22H21FN4O2. The lowest BCUT2D eigenvalue weighted by atomic mass is 10.1. The van der Waals surface area contributed by atoms with Crippen molar-refractivity contribution in [3.63, 3.8) is 0 Å². The molecule has 1 aliphatic heterocycles. The second-order valence-electron chi connectivity index (χ2n) is 7.04. The standard InChI is InChI=1S/C22H21FN4O2/c1-13-6-4-7-14(24-13)10-15-11-18(20-19(25-15)12-27(2)22(20)28)26-17-9-5-8-16(23)21(17)29-3/h4-9,11H,10,12H2,1-3H3,(H,25,26). The molecule has 0 aliphatic carbocycles. The lowest BCUT2D eigenvalue weighted by Crippen LogP contribution is -2.18. The van der Waals surface area contributed by atoms with E-state index in [9.17, 15) is 9.18 Å². The van der Waals surface area contributed by atoms with E-state index in [0.29, 0.717) is 35.6 Å². The highest BCUT2D eigenvalue weighted by Gasteiger charge is 2.30. The molecule has 0 radical (unpaired) electrons. The van der Waals surface area contributed by atoms with Gasteiger partial charge in [-0.15, -0.1) is 0 Å².